The number of amides is 2. The molecule has 1 fully saturated rings. The second-order valence-corrected chi connectivity index (χ2v) is 5.32. The Kier molecular flexibility index (Phi) is 3.25. The zero-order valence-electron chi connectivity index (χ0n) is 11.4. The van der Waals surface area contributed by atoms with Gasteiger partial charge in [0.25, 0.3) is 5.91 Å². The maximum absolute atomic E-state index is 12.6. The molecule has 0 spiro atoms. The zero-order valence-corrected chi connectivity index (χ0v) is 11.4. The fraction of sp³-hybridized carbons (Fsp3) is 0.400. The average molecular weight is 289 g/mol. The number of carboxylic acid groups (broad SMARTS) is 1. The third-order valence-corrected chi connectivity index (χ3v) is 4.19. The van der Waals surface area contributed by atoms with Crippen LogP contribution in [0.5, 0.6) is 0 Å². The van der Waals surface area contributed by atoms with E-state index in [9.17, 15) is 19.5 Å². The molecule has 1 aromatic rings. The maximum Gasteiger partial charge on any atom is 0.330 e. The summed E-state index contributed by atoms with van der Waals surface area (Å²) >= 11 is 0. The predicted octanol–water partition coefficient (Wildman–Crippen LogP) is 0.845. The van der Waals surface area contributed by atoms with Crippen LogP contribution in [-0.2, 0) is 20.7 Å². The van der Waals surface area contributed by atoms with E-state index in [0.717, 1.165) is 4.90 Å². The zero-order chi connectivity index (χ0) is 15.0. The van der Waals surface area contributed by atoms with Gasteiger partial charge >= 0.3 is 5.97 Å². The minimum absolute atomic E-state index is 0.0534. The SMILES string of the molecule is O=C1Cc2ccccc2C(=O)N1C1(C(=O)O)CCOCC1. The van der Waals surface area contributed by atoms with Gasteiger partial charge in [-0.05, 0) is 11.6 Å². The second-order valence-electron chi connectivity index (χ2n) is 5.32. The highest BCUT2D eigenvalue weighted by Crippen LogP contribution is 2.33. The van der Waals surface area contributed by atoms with Gasteiger partial charge in [-0.15, -0.1) is 0 Å². The number of rotatable bonds is 2. The lowest BCUT2D eigenvalue weighted by Crippen LogP contribution is -2.63. The van der Waals surface area contributed by atoms with E-state index < -0.39 is 23.3 Å². The van der Waals surface area contributed by atoms with Crippen molar-refractivity contribution in [1.82, 2.24) is 4.90 Å². The monoisotopic (exact) mass is 289 g/mol. The lowest BCUT2D eigenvalue weighted by molar-refractivity contribution is -0.162. The summed E-state index contributed by atoms with van der Waals surface area (Å²) < 4.78 is 5.19. The number of carbonyl (C=O) groups excluding carboxylic acids is 2. The Bertz CT molecular complexity index is 618. The molecule has 1 N–H and O–H groups in total. The lowest BCUT2D eigenvalue weighted by Gasteiger charge is -2.43. The smallest absolute Gasteiger partial charge is 0.330 e. The van der Waals surface area contributed by atoms with Gasteiger partial charge in [0.1, 0.15) is 0 Å². The molecule has 0 unspecified atom stereocenters. The van der Waals surface area contributed by atoms with E-state index in [2.05, 4.69) is 0 Å². The molecule has 2 aliphatic rings. The van der Waals surface area contributed by atoms with Crippen LogP contribution in [0, 0.1) is 0 Å². The summed E-state index contributed by atoms with van der Waals surface area (Å²) in [5.74, 6) is -2.12. The highest BCUT2D eigenvalue weighted by atomic mass is 16.5. The molecule has 0 bridgehead atoms. The van der Waals surface area contributed by atoms with Crippen LogP contribution >= 0.6 is 0 Å². The Morgan fingerprint density at radius 3 is 2.52 bits per heavy atom. The molecular formula is C15H15NO5. The fourth-order valence-electron chi connectivity index (χ4n) is 3.03. The third-order valence-electron chi connectivity index (χ3n) is 4.19. The van der Waals surface area contributed by atoms with Gasteiger partial charge in [-0.25, -0.2) is 4.79 Å². The second kappa shape index (κ2) is 4.96. The van der Waals surface area contributed by atoms with Gasteiger partial charge < -0.3 is 9.84 Å². The van der Waals surface area contributed by atoms with Crippen molar-refractivity contribution in [2.45, 2.75) is 24.8 Å². The van der Waals surface area contributed by atoms with Crippen LogP contribution in [0.1, 0.15) is 28.8 Å². The van der Waals surface area contributed by atoms with Crippen molar-refractivity contribution in [3.63, 3.8) is 0 Å². The molecule has 0 atom stereocenters. The van der Waals surface area contributed by atoms with Crippen LogP contribution in [0.15, 0.2) is 24.3 Å². The van der Waals surface area contributed by atoms with Crippen molar-refractivity contribution in [1.29, 1.82) is 0 Å². The molecule has 0 aliphatic carbocycles. The largest absolute Gasteiger partial charge is 0.479 e. The number of ether oxygens (including phenoxy) is 1. The Labute approximate surface area is 121 Å². The maximum atomic E-state index is 12.6. The summed E-state index contributed by atoms with van der Waals surface area (Å²) in [5.41, 5.74) is -0.430. The Morgan fingerprint density at radius 2 is 1.86 bits per heavy atom. The van der Waals surface area contributed by atoms with Gasteiger partial charge in [-0.3, -0.25) is 14.5 Å². The predicted molar refractivity (Wildman–Crippen MR) is 71.7 cm³/mol. The summed E-state index contributed by atoms with van der Waals surface area (Å²) in [5, 5.41) is 9.62. The van der Waals surface area contributed by atoms with E-state index in [-0.39, 0.29) is 32.5 Å². The first kappa shape index (κ1) is 13.8. The number of hydrogen-bond acceptors (Lipinski definition) is 4. The molecule has 1 aromatic carbocycles. The Morgan fingerprint density at radius 1 is 1.19 bits per heavy atom. The fourth-order valence-corrected chi connectivity index (χ4v) is 3.03. The highest BCUT2D eigenvalue weighted by Gasteiger charge is 2.52. The van der Waals surface area contributed by atoms with Crippen molar-refractivity contribution in [2.24, 2.45) is 0 Å². The number of benzene rings is 1. The van der Waals surface area contributed by atoms with Crippen LogP contribution < -0.4 is 0 Å². The topological polar surface area (TPSA) is 83.9 Å². The van der Waals surface area contributed by atoms with E-state index in [0.29, 0.717) is 11.1 Å². The van der Waals surface area contributed by atoms with Crippen molar-refractivity contribution < 1.29 is 24.2 Å². The van der Waals surface area contributed by atoms with Crippen LogP contribution in [0.25, 0.3) is 0 Å². The number of nitrogens with zero attached hydrogens (tertiary/aromatic N) is 1. The normalized spacial score (nSPS) is 21.0. The minimum Gasteiger partial charge on any atom is -0.479 e. The molecule has 1 saturated heterocycles. The molecule has 6 heteroatoms. The molecule has 0 radical (unpaired) electrons. The Hall–Kier alpha value is -2.21. The lowest BCUT2D eigenvalue weighted by atomic mass is 9.84. The molecule has 2 heterocycles. The molecule has 2 aliphatic heterocycles. The van der Waals surface area contributed by atoms with E-state index in [1.807, 2.05) is 0 Å². The van der Waals surface area contributed by atoms with Crippen molar-refractivity contribution >= 4 is 17.8 Å². The van der Waals surface area contributed by atoms with Gasteiger partial charge in [-0.1, -0.05) is 18.2 Å². The van der Waals surface area contributed by atoms with E-state index >= 15 is 0 Å². The third kappa shape index (κ3) is 2.03. The van der Waals surface area contributed by atoms with Crippen LogP contribution in [0.2, 0.25) is 0 Å². The highest BCUT2D eigenvalue weighted by molar-refractivity contribution is 6.12. The molecule has 0 aromatic heterocycles. The molecule has 21 heavy (non-hydrogen) atoms. The van der Waals surface area contributed by atoms with E-state index in [1.165, 1.54) is 0 Å². The molecular weight excluding hydrogens is 274 g/mol. The first-order valence-electron chi connectivity index (χ1n) is 6.83. The number of fused-ring (bicyclic) bond motifs is 1. The first-order valence-corrected chi connectivity index (χ1v) is 6.83. The molecule has 2 amide bonds. The minimum atomic E-state index is -1.49. The number of carboxylic acids is 1. The number of carbonyl (C=O) groups is 3. The van der Waals surface area contributed by atoms with E-state index in [4.69, 9.17) is 4.74 Å². The van der Waals surface area contributed by atoms with Crippen molar-refractivity contribution in [3.8, 4) is 0 Å². The van der Waals surface area contributed by atoms with Crippen molar-refractivity contribution in [2.75, 3.05) is 13.2 Å². The quantitative estimate of drug-likeness (QED) is 0.816. The number of hydrogen-bond donors (Lipinski definition) is 1. The van der Waals surface area contributed by atoms with Crippen LogP contribution in [0.3, 0.4) is 0 Å². The van der Waals surface area contributed by atoms with E-state index in [1.54, 1.807) is 24.3 Å². The number of imide groups is 1. The summed E-state index contributed by atoms with van der Waals surface area (Å²) in [6.07, 6.45) is 0.307. The van der Waals surface area contributed by atoms with Gasteiger partial charge in [-0.2, -0.15) is 0 Å². The summed E-state index contributed by atoms with van der Waals surface area (Å²) in [6, 6.07) is 6.82. The average Bonchev–Trinajstić information content (AvgIpc) is 2.48. The van der Waals surface area contributed by atoms with Crippen LogP contribution in [0.4, 0.5) is 0 Å². The van der Waals surface area contributed by atoms with Gasteiger partial charge in [0.15, 0.2) is 5.54 Å². The summed E-state index contributed by atoms with van der Waals surface area (Å²) in [7, 11) is 0. The Balaban J connectivity index is 2.07. The summed E-state index contributed by atoms with van der Waals surface area (Å²) in [4.78, 5) is 37.7. The van der Waals surface area contributed by atoms with Gasteiger partial charge in [0, 0.05) is 31.6 Å². The molecule has 110 valence electrons. The standard InChI is InChI=1S/C15H15NO5/c17-12-9-10-3-1-2-4-11(10)13(18)16(12)15(14(19)20)5-7-21-8-6-15/h1-4H,5-9H2,(H,19,20). The van der Waals surface area contributed by atoms with Crippen molar-refractivity contribution in [3.05, 3.63) is 35.4 Å². The number of aliphatic carboxylic acids is 1. The summed E-state index contributed by atoms with van der Waals surface area (Å²) in [6.45, 7) is 0.454. The molecule has 6 nitrogen and oxygen atoms in total. The van der Waals surface area contributed by atoms with Gasteiger partial charge in [0.2, 0.25) is 5.91 Å². The van der Waals surface area contributed by atoms with Crippen LogP contribution in [-0.4, -0.2) is 46.5 Å². The molecule has 0 saturated carbocycles. The molecule has 3 rings (SSSR count). The first-order chi connectivity index (χ1) is 10.1. The van der Waals surface area contributed by atoms with Gasteiger partial charge in [0.05, 0.1) is 6.42 Å².